The number of hydrogen-bond donors (Lipinski definition) is 0. The maximum absolute atomic E-state index is 2.46. The van der Waals surface area contributed by atoms with Gasteiger partial charge in [-0.2, -0.15) is 0 Å². The number of anilines is 3. The van der Waals surface area contributed by atoms with Gasteiger partial charge < -0.3 is 4.90 Å². The molecule has 1 aliphatic carbocycles. The minimum Gasteiger partial charge on any atom is -0.310 e. The molecule has 1 aliphatic rings. The van der Waals surface area contributed by atoms with E-state index >= 15 is 0 Å². The molecule has 0 bridgehead atoms. The van der Waals surface area contributed by atoms with Gasteiger partial charge in [0.15, 0.2) is 0 Å². The predicted molar refractivity (Wildman–Crippen MR) is 249 cm³/mol. The summed E-state index contributed by atoms with van der Waals surface area (Å²) in [6, 6.07) is 73.3. The maximum Gasteiger partial charge on any atom is 0.0465 e. The monoisotopic (exact) mass is 743 g/mol. The lowest BCUT2D eigenvalue weighted by molar-refractivity contribution is 0.490. The summed E-state index contributed by atoms with van der Waals surface area (Å²) >= 11 is 0. The molecule has 0 unspecified atom stereocenters. The van der Waals surface area contributed by atoms with Crippen LogP contribution in [-0.2, 0) is 5.41 Å². The van der Waals surface area contributed by atoms with Gasteiger partial charge in [0.05, 0.1) is 0 Å². The van der Waals surface area contributed by atoms with Gasteiger partial charge in [-0.1, -0.05) is 184 Å². The van der Waals surface area contributed by atoms with Crippen molar-refractivity contribution in [2.24, 2.45) is 0 Å². The van der Waals surface area contributed by atoms with Gasteiger partial charge in [0.1, 0.15) is 0 Å². The highest BCUT2D eigenvalue weighted by molar-refractivity contribution is 6.22. The molecule has 10 rings (SSSR count). The molecule has 0 aliphatic heterocycles. The van der Waals surface area contributed by atoms with E-state index in [1.165, 1.54) is 82.9 Å². The fourth-order valence-electron chi connectivity index (χ4n) is 9.67. The molecule has 278 valence electrons. The van der Waals surface area contributed by atoms with Crippen molar-refractivity contribution in [3.63, 3.8) is 0 Å². The number of benzene rings is 9. The summed E-state index contributed by atoms with van der Waals surface area (Å²) in [6.07, 6.45) is 6.66. The third-order valence-corrected chi connectivity index (χ3v) is 12.5. The Morgan fingerprint density at radius 1 is 0.379 bits per heavy atom. The smallest absolute Gasteiger partial charge is 0.0465 e. The lowest BCUT2D eigenvalue weighted by atomic mass is 9.73. The van der Waals surface area contributed by atoms with E-state index in [-0.39, 0.29) is 5.41 Å². The average Bonchev–Trinajstić information content (AvgIpc) is 3.57. The largest absolute Gasteiger partial charge is 0.310 e. The molecule has 0 radical (unpaired) electrons. The van der Waals surface area contributed by atoms with Gasteiger partial charge in [-0.05, 0) is 132 Å². The molecule has 1 nitrogen and oxygen atoms in total. The van der Waals surface area contributed by atoms with Gasteiger partial charge in [0, 0.05) is 22.5 Å². The first-order chi connectivity index (χ1) is 28.7. The van der Waals surface area contributed by atoms with E-state index in [1.807, 2.05) is 0 Å². The van der Waals surface area contributed by atoms with Crippen LogP contribution in [0.2, 0.25) is 0 Å². The quantitative estimate of drug-likeness (QED) is 0.105. The normalized spacial score (nSPS) is 12.9. The molecule has 0 spiro atoms. The Balaban J connectivity index is 1.05. The Bertz CT molecular complexity index is 2900. The second-order valence-electron chi connectivity index (χ2n) is 15.5. The number of rotatable bonds is 9. The summed E-state index contributed by atoms with van der Waals surface area (Å²) in [7, 11) is 0. The second-order valence-corrected chi connectivity index (χ2v) is 15.5. The van der Waals surface area contributed by atoms with Crippen LogP contribution in [0, 0.1) is 0 Å². The Hall–Kier alpha value is -6.96. The number of fused-ring (bicyclic) bond motifs is 6. The average molecular weight is 744 g/mol. The molecule has 0 amide bonds. The van der Waals surface area contributed by atoms with Gasteiger partial charge in [0.2, 0.25) is 0 Å². The molecular formula is C57H45N. The Morgan fingerprint density at radius 2 is 0.828 bits per heavy atom. The molecule has 0 saturated carbocycles. The van der Waals surface area contributed by atoms with Crippen molar-refractivity contribution < 1.29 is 0 Å². The van der Waals surface area contributed by atoms with Gasteiger partial charge in [-0.3, -0.25) is 0 Å². The topological polar surface area (TPSA) is 3.24 Å². The molecule has 0 aromatic heterocycles. The molecule has 0 atom stereocenters. The van der Waals surface area contributed by atoms with E-state index in [9.17, 15) is 0 Å². The third kappa shape index (κ3) is 5.94. The van der Waals surface area contributed by atoms with E-state index in [4.69, 9.17) is 0 Å². The minimum absolute atomic E-state index is 0.0737. The second kappa shape index (κ2) is 14.8. The zero-order chi connectivity index (χ0) is 39.1. The van der Waals surface area contributed by atoms with Crippen molar-refractivity contribution >= 4 is 50.8 Å². The van der Waals surface area contributed by atoms with Crippen LogP contribution in [0.1, 0.15) is 48.9 Å². The standard InChI is InChI=1S/C57H45N/c1-3-57(4-2)53-38-41(31-34-48(53)49-36-33-46(39-54(49)57)58(44-23-13-7-14-24-44)45-25-15-8-16-26-45)30-29-40-32-35-51-52(37-40)47-27-17-18-28-50(47)55(42-19-9-5-10-20-42)56(51)43-21-11-6-12-22-43/h5-39H,3-4H2,1-2H3/b30-29+. The summed E-state index contributed by atoms with van der Waals surface area (Å²) in [4.78, 5) is 2.38. The van der Waals surface area contributed by atoms with Crippen molar-refractivity contribution in [3.8, 4) is 33.4 Å². The summed E-state index contributed by atoms with van der Waals surface area (Å²) in [5.41, 5.74) is 16.4. The zero-order valence-electron chi connectivity index (χ0n) is 33.1. The van der Waals surface area contributed by atoms with Crippen molar-refractivity contribution in [1.82, 2.24) is 0 Å². The maximum atomic E-state index is 2.46. The lowest BCUT2D eigenvalue weighted by Gasteiger charge is -2.32. The Kier molecular flexibility index (Phi) is 9.07. The van der Waals surface area contributed by atoms with Crippen LogP contribution >= 0.6 is 0 Å². The van der Waals surface area contributed by atoms with Crippen molar-refractivity contribution in [2.45, 2.75) is 32.1 Å². The number of nitrogens with zero attached hydrogens (tertiary/aromatic N) is 1. The van der Waals surface area contributed by atoms with E-state index in [1.54, 1.807) is 0 Å². The highest BCUT2D eigenvalue weighted by Crippen LogP contribution is 2.54. The van der Waals surface area contributed by atoms with E-state index in [2.05, 4.69) is 231 Å². The van der Waals surface area contributed by atoms with Crippen molar-refractivity contribution in [3.05, 3.63) is 222 Å². The highest BCUT2D eigenvalue weighted by atomic mass is 15.1. The van der Waals surface area contributed by atoms with E-state index in [0.717, 1.165) is 24.2 Å². The van der Waals surface area contributed by atoms with Crippen LogP contribution in [0.3, 0.4) is 0 Å². The molecule has 9 aromatic rings. The van der Waals surface area contributed by atoms with Crippen molar-refractivity contribution in [1.29, 1.82) is 0 Å². The van der Waals surface area contributed by atoms with Crippen molar-refractivity contribution in [2.75, 3.05) is 4.90 Å². The van der Waals surface area contributed by atoms with Crippen LogP contribution in [0.4, 0.5) is 17.1 Å². The lowest BCUT2D eigenvalue weighted by Crippen LogP contribution is -2.23. The van der Waals surface area contributed by atoms with Crippen LogP contribution in [0.25, 0.3) is 67.1 Å². The van der Waals surface area contributed by atoms with Crippen LogP contribution < -0.4 is 4.90 Å². The first kappa shape index (κ1) is 35.5. The van der Waals surface area contributed by atoms with Gasteiger partial charge in [0.25, 0.3) is 0 Å². The Labute approximate surface area is 342 Å². The zero-order valence-corrected chi connectivity index (χ0v) is 33.1. The summed E-state index contributed by atoms with van der Waals surface area (Å²) in [5, 5.41) is 5.08. The van der Waals surface area contributed by atoms with Crippen LogP contribution in [0.5, 0.6) is 0 Å². The summed E-state index contributed by atoms with van der Waals surface area (Å²) < 4.78 is 0. The summed E-state index contributed by atoms with van der Waals surface area (Å²) in [6.45, 7) is 4.71. The van der Waals surface area contributed by atoms with E-state index < -0.39 is 0 Å². The van der Waals surface area contributed by atoms with Gasteiger partial charge in [-0.25, -0.2) is 0 Å². The SMILES string of the molecule is CCC1(CC)c2cc(/C=C/c3ccc4c(-c5ccccc5)c(-c5ccccc5)c5ccccc5c4c3)ccc2-c2ccc(N(c3ccccc3)c3ccccc3)cc21. The fraction of sp³-hybridized carbons (Fsp3) is 0.0877. The minimum atomic E-state index is -0.0737. The molecule has 0 N–H and O–H groups in total. The molecule has 0 heterocycles. The number of hydrogen-bond acceptors (Lipinski definition) is 1. The predicted octanol–water partition coefficient (Wildman–Crippen LogP) is 16.1. The first-order valence-corrected chi connectivity index (χ1v) is 20.6. The number of para-hydroxylation sites is 2. The molecule has 1 heteroatoms. The Morgan fingerprint density at radius 3 is 1.40 bits per heavy atom. The van der Waals surface area contributed by atoms with Gasteiger partial charge >= 0.3 is 0 Å². The molecular weight excluding hydrogens is 699 g/mol. The van der Waals surface area contributed by atoms with Crippen LogP contribution in [-0.4, -0.2) is 0 Å². The third-order valence-electron chi connectivity index (χ3n) is 12.5. The van der Waals surface area contributed by atoms with Gasteiger partial charge in [-0.15, -0.1) is 0 Å². The highest BCUT2D eigenvalue weighted by Gasteiger charge is 2.41. The molecule has 58 heavy (non-hydrogen) atoms. The van der Waals surface area contributed by atoms with Crippen LogP contribution in [0.15, 0.2) is 200 Å². The summed E-state index contributed by atoms with van der Waals surface area (Å²) in [5.74, 6) is 0. The molecule has 0 saturated heterocycles. The molecule has 9 aromatic carbocycles. The molecule has 0 fully saturated rings. The fourth-order valence-corrected chi connectivity index (χ4v) is 9.67. The van der Waals surface area contributed by atoms with E-state index in [0.29, 0.717) is 0 Å². The first-order valence-electron chi connectivity index (χ1n) is 20.6.